The van der Waals surface area contributed by atoms with E-state index in [-0.39, 0.29) is 19.5 Å². The number of alkyl halides is 2. The first-order chi connectivity index (χ1) is 7.65. The summed E-state index contributed by atoms with van der Waals surface area (Å²) in [5.41, 5.74) is -0.610. The van der Waals surface area contributed by atoms with E-state index >= 15 is 0 Å². The third kappa shape index (κ3) is 3.68. The van der Waals surface area contributed by atoms with E-state index in [0.29, 0.717) is 0 Å². The number of hydrogen-bond acceptors (Lipinski definition) is 2. The highest BCUT2D eigenvalue weighted by Gasteiger charge is 2.44. The van der Waals surface area contributed by atoms with Gasteiger partial charge in [0.25, 0.3) is 5.92 Å². The predicted octanol–water partition coefficient (Wildman–Crippen LogP) is 3.06. The van der Waals surface area contributed by atoms with Crippen molar-refractivity contribution >= 4 is 6.09 Å². The zero-order valence-electron chi connectivity index (χ0n) is 10.5. The first-order valence-electron chi connectivity index (χ1n) is 5.64. The molecule has 1 atom stereocenters. The Hall–Kier alpha value is -1.13. The maximum Gasteiger partial charge on any atom is 0.410 e. The van der Waals surface area contributed by atoms with Crippen molar-refractivity contribution in [3.63, 3.8) is 0 Å². The van der Waals surface area contributed by atoms with Crippen molar-refractivity contribution in [1.29, 1.82) is 0 Å². The SMILES string of the molecule is C=CC1CN(C(=O)OC(C)(C)C)CCC1(F)F. The van der Waals surface area contributed by atoms with Gasteiger partial charge in [-0.3, -0.25) is 0 Å². The fourth-order valence-electron chi connectivity index (χ4n) is 1.67. The average Bonchev–Trinajstić information content (AvgIpc) is 2.14. The molecular formula is C12H19F2NO2. The molecule has 3 nitrogen and oxygen atoms in total. The van der Waals surface area contributed by atoms with E-state index < -0.39 is 23.5 Å². The summed E-state index contributed by atoms with van der Waals surface area (Å²) in [5.74, 6) is -3.77. The van der Waals surface area contributed by atoms with Crippen LogP contribution in [-0.4, -0.2) is 35.6 Å². The van der Waals surface area contributed by atoms with Crippen molar-refractivity contribution in [2.75, 3.05) is 13.1 Å². The first kappa shape index (κ1) is 13.9. The van der Waals surface area contributed by atoms with Crippen molar-refractivity contribution in [2.45, 2.75) is 38.7 Å². The van der Waals surface area contributed by atoms with Gasteiger partial charge in [-0.05, 0) is 20.8 Å². The van der Waals surface area contributed by atoms with Gasteiger partial charge in [-0.2, -0.15) is 0 Å². The van der Waals surface area contributed by atoms with E-state index in [2.05, 4.69) is 6.58 Å². The number of carbonyl (C=O) groups is 1. The molecule has 0 bridgehead atoms. The summed E-state index contributed by atoms with van der Waals surface area (Å²) in [5, 5.41) is 0. The lowest BCUT2D eigenvalue weighted by atomic mass is 9.94. The normalized spacial score (nSPS) is 24.3. The van der Waals surface area contributed by atoms with Crippen LogP contribution < -0.4 is 0 Å². The Kier molecular flexibility index (Phi) is 3.79. The maximum atomic E-state index is 13.4. The minimum absolute atomic E-state index is 0.0201. The molecule has 1 amide bonds. The van der Waals surface area contributed by atoms with Gasteiger partial charge in [0.2, 0.25) is 0 Å². The third-order valence-electron chi connectivity index (χ3n) is 2.61. The van der Waals surface area contributed by atoms with Crippen LogP contribution in [0.3, 0.4) is 0 Å². The third-order valence-corrected chi connectivity index (χ3v) is 2.61. The molecule has 0 spiro atoms. The summed E-state index contributed by atoms with van der Waals surface area (Å²) in [6.45, 7) is 8.61. The molecule has 1 unspecified atom stereocenters. The molecule has 0 N–H and O–H groups in total. The van der Waals surface area contributed by atoms with E-state index in [1.807, 2.05) is 0 Å². The van der Waals surface area contributed by atoms with Crippen molar-refractivity contribution in [2.24, 2.45) is 5.92 Å². The van der Waals surface area contributed by atoms with Crippen molar-refractivity contribution in [1.82, 2.24) is 4.90 Å². The number of carbonyl (C=O) groups excluding carboxylic acids is 1. The molecule has 1 heterocycles. The lowest BCUT2D eigenvalue weighted by Gasteiger charge is -2.37. The zero-order valence-corrected chi connectivity index (χ0v) is 10.5. The molecule has 17 heavy (non-hydrogen) atoms. The highest BCUT2D eigenvalue weighted by atomic mass is 19.3. The quantitative estimate of drug-likeness (QED) is 0.666. The Labute approximate surface area is 100 Å². The second kappa shape index (κ2) is 4.63. The van der Waals surface area contributed by atoms with E-state index in [0.717, 1.165) is 0 Å². The number of amides is 1. The molecule has 0 saturated carbocycles. The summed E-state index contributed by atoms with van der Waals surface area (Å²) in [6.07, 6.45) is 0.319. The number of halogens is 2. The van der Waals surface area contributed by atoms with Crippen LogP contribution in [0.5, 0.6) is 0 Å². The monoisotopic (exact) mass is 247 g/mol. The van der Waals surface area contributed by atoms with Crippen molar-refractivity contribution in [3.8, 4) is 0 Å². The smallest absolute Gasteiger partial charge is 0.410 e. The summed E-state index contributed by atoms with van der Waals surface area (Å²) in [7, 11) is 0. The lowest BCUT2D eigenvalue weighted by Crippen LogP contribution is -2.49. The van der Waals surface area contributed by atoms with Gasteiger partial charge in [0.1, 0.15) is 5.60 Å². The minimum atomic E-state index is -2.78. The van der Waals surface area contributed by atoms with Gasteiger partial charge in [-0.25, -0.2) is 13.6 Å². The van der Waals surface area contributed by atoms with Gasteiger partial charge in [-0.1, -0.05) is 6.08 Å². The predicted molar refractivity (Wildman–Crippen MR) is 61.1 cm³/mol. The van der Waals surface area contributed by atoms with E-state index in [1.54, 1.807) is 20.8 Å². The Morgan fingerprint density at radius 3 is 2.59 bits per heavy atom. The Morgan fingerprint density at radius 1 is 1.53 bits per heavy atom. The molecule has 98 valence electrons. The van der Waals surface area contributed by atoms with Crippen LogP contribution in [0, 0.1) is 5.92 Å². The minimum Gasteiger partial charge on any atom is -0.444 e. The largest absolute Gasteiger partial charge is 0.444 e. The maximum absolute atomic E-state index is 13.4. The van der Waals surface area contributed by atoms with Crippen LogP contribution >= 0.6 is 0 Å². The molecule has 0 aromatic carbocycles. The first-order valence-corrected chi connectivity index (χ1v) is 5.64. The fourth-order valence-corrected chi connectivity index (χ4v) is 1.67. The van der Waals surface area contributed by atoms with E-state index in [1.165, 1.54) is 11.0 Å². The summed E-state index contributed by atoms with van der Waals surface area (Å²) >= 11 is 0. The molecule has 1 fully saturated rings. The number of ether oxygens (including phenoxy) is 1. The Morgan fingerprint density at radius 2 is 2.12 bits per heavy atom. The van der Waals surface area contributed by atoms with Gasteiger partial charge < -0.3 is 9.64 Å². The topological polar surface area (TPSA) is 29.5 Å². The molecule has 0 aromatic rings. The summed E-state index contributed by atoms with van der Waals surface area (Å²) in [4.78, 5) is 13.0. The number of likely N-dealkylation sites (tertiary alicyclic amines) is 1. The summed E-state index contributed by atoms with van der Waals surface area (Å²) in [6, 6.07) is 0. The van der Waals surface area contributed by atoms with Gasteiger partial charge in [0, 0.05) is 19.5 Å². The molecule has 1 saturated heterocycles. The molecule has 1 aliphatic heterocycles. The van der Waals surface area contributed by atoms with Gasteiger partial charge in [-0.15, -0.1) is 6.58 Å². The van der Waals surface area contributed by atoms with Crippen LogP contribution in [0.25, 0.3) is 0 Å². The Bertz CT molecular complexity index is 310. The van der Waals surface area contributed by atoms with Crippen LogP contribution in [0.1, 0.15) is 27.2 Å². The van der Waals surface area contributed by atoms with Crippen molar-refractivity contribution < 1.29 is 18.3 Å². The molecule has 0 aromatic heterocycles. The summed E-state index contributed by atoms with van der Waals surface area (Å²) < 4.78 is 31.9. The second-order valence-electron chi connectivity index (χ2n) is 5.28. The van der Waals surface area contributed by atoms with E-state index in [9.17, 15) is 13.6 Å². The average molecular weight is 247 g/mol. The van der Waals surface area contributed by atoms with Gasteiger partial charge in [0.05, 0.1) is 5.92 Å². The Balaban J connectivity index is 2.64. The lowest BCUT2D eigenvalue weighted by molar-refractivity contribution is -0.0884. The van der Waals surface area contributed by atoms with Crippen LogP contribution in [-0.2, 0) is 4.74 Å². The standard InChI is InChI=1S/C12H19F2NO2/c1-5-9-8-15(7-6-12(9,13)14)10(16)17-11(2,3)4/h5,9H,1,6-8H2,2-4H3. The highest BCUT2D eigenvalue weighted by molar-refractivity contribution is 5.68. The molecule has 5 heteroatoms. The number of rotatable bonds is 1. The molecule has 1 rings (SSSR count). The number of piperidine rings is 1. The molecule has 1 aliphatic rings. The van der Waals surface area contributed by atoms with Crippen molar-refractivity contribution in [3.05, 3.63) is 12.7 Å². The number of nitrogens with zero attached hydrogens (tertiary/aromatic N) is 1. The zero-order chi connectivity index (χ0) is 13.3. The molecule has 0 radical (unpaired) electrons. The van der Waals surface area contributed by atoms with Crippen LogP contribution in [0.4, 0.5) is 13.6 Å². The van der Waals surface area contributed by atoms with Crippen LogP contribution in [0.15, 0.2) is 12.7 Å². The molecular weight excluding hydrogens is 228 g/mol. The van der Waals surface area contributed by atoms with Crippen LogP contribution in [0.2, 0.25) is 0 Å². The highest BCUT2D eigenvalue weighted by Crippen LogP contribution is 2.34. The van der Waals surface area contributed by atoms with E-state index in [4.69, 9.17) is 4.74 Å². The van der Waals surface area contributed by atoms with Gasteiger partial charge >= 0.3 is 6.09 Å². The fraction of sp³-hybridized carbons (Fsp3) is 0.750. The molecule has 0 aliphatic carbocycles. The second-order valence-corrected chi connectivity index (χ2v) is 5.28. The van der Waals surface area contributed by atoms with Gasteiger partial charge in [0.15, 0.2) is 0 Å². The number of hydrogen-bond donors (Lipinski definition) is 0.